The van der Waals surface area contributed by atoms with Crippen LogP contribution in [0, 0.1) is 0 Å². The van der Waals surface area contributed by atoms with E-state index in [0.29, 0.717) is 11.3 Å². The number of anilines is 1. The Balaban J connectivity index is 1.95. The molecule has 82 valence electrons. The summed E-state index contributed by atoms with van der Waals surface area (Å²) in [5.41, 5.74) is 0. The predicted molar refractivity (Wildman–Crippen MR) is 49.9 cm³/mol. The van der Waals surface area contributed by atoms with E-state index in [9.17, 15) is 13.6 Å². The largest absolute Gasteiger partial charge is 0.306 e. The van der Waals surface area contributed by atoms with Gasteiger partial charge >= 0.3 is 0 Å². The Kier molecular flexibility index (Phi) is 2.87. The molecule has 15 heavy (non-hydrogen) atoms. The van der Waals surface area contributed by atoms with Crippen LogP contribution < -0.4 is 10.6 Å². The molecule has 5 nitrogen and oxygen atoms in total. The van der Waals surface area contributed by atoms with Crippen LogP contribution in [0.15, 0.2) is 0 Å². The second-order valence-electron chi connectivity index (χ2n) is 3.03. The number of amides is 1. The molecule has 8 heteroatoms. The summed E-state index contributed by atoms with van der Waals surface area (Å²) in [6.45, 7) is 0.802. The zero-order chi connectivity index (χ0) is 10.8. The third-order valence-electron chi connectivity index (χ3n) is 2.00. The molecular weight excluding hydrogens is 226 g/mol. The van der Waals surface area contributed by atoms with Crippen LogP contribution in [-0.2, 0) is 4.79 Å². The quantitative estimate of drug-likeness (QED) is 0.811. The first-order chi connectivity index (χ1) is 7.16. The highest BCUT2D eigenvalue weighted by molar-refractivity contribution is 7.15. The maximum Gasteiger partial charge on any atom is 0.291 e. The minimum atomic E-state index is -2.64. The van der Waals surface area contributed by atoms with Gasteiger partial charge in [-0.15, -0.1) is 10.2 Å². The van der Waals surface area contributed by atoms with Gasteiger partial charge in [0, 0.05) is 0 Å². The average Bonchev–Trinajstić information content (AvgIpc) is 2.48. The number of hydrogen-bond donors (Lipinski definition) is 2. The number of halogens is 2. The second-order valence-corrected chi connectivity index (χ2v) is 4.04. The molecule has 1 fully saturated rings. The van der Waals surface area contributed by atoms with Crippen molar-refractivity contribution in [3.8, 4) is 0 Å². The van der Waals surface area contributed by atoms with E-state index in [0.717, 1.165) is 13.0 Å². The fraction of sp³-hybridized carbons (Fsp3) is 0.571. The van der Waals surface area contributed by atoms with Crippen LogP contribution in [0.5, 0.6) is 0 Å². The normalized spacial score (nSPS) is 20.1. The second kappa shape index (κ2) is 4.15. The van der Waals surface area contributed by atoms with Crippen molar-refractivity contribution in [1.29, 1.82) is 0 Å². The van der Waals surface area contributed by atoms with E-state index in [1.54, 1.807) is 0 Å². The lowest BCUT2D eigenvalue weighted by atomic mass is 10.1. The van der Waals surface area contributed by atoms with E-state index < -0.39 is 6.43 Å². The van der Waals surface area contributed by atoms with Crippen molar-refractivity contribution in [1.82, 2.24) is 15.5 Å². The maximum atomic E-state index is 12.1. The van der Waals surface area contributed by atoms with Crippen molar-refractivity contribution < 1.29 is 13.6 Å². The summed E-state index contributed by atoms with van der Waals surface area (Å²) in [7, 11) is 0. The molecular formula is C7H8F2N4OS. The van der Waals surface area contributed by atoms with E-state index in [1.165, 1.54) is 0 Å². The molecule has 0 unspecified atom stereocenters. The van der Waals surface area contributed by atoms with Gasteiger partial charge in [-0.05, 0) is 13.0 Å². The first-order valence-electron chi connectivity index (χ1n) is 4.32. The Morgan fingerprint density at radius 2 is 2.33 bits per heavy atom. The summed E-state index contributed by atoms with van der Waals surface area (Å²) in [6.07, 6.45) is -1.89. The smallest absolute Gasteiger partial charge is 0.291 e. The molecule has 0 bridgehead atoms. The fourth-order valence-corrected chi connectivity index (χ4v) is 1.68. The van der Waals surface area contributed by atoms with Gasteiger partial charge < -0.3 is 5.32 Å². The minimum Gasteiger partial charge on any atom is -0.306 e. The summed E-state index contributed by atoms with van der Waals surface area (Å²) >= 11 is 0.689. The highest BCUT2D eigenvalue weighted by atomic mass is 32.1. The topological polar surface area (TPSA) is 66.9 Å². The molecule has 0 aliphatic carbocycles. The van der Waals surface area contributed by atoms with E-state index in [2.05, 4.69) is 20.8 Å². The van der Waals surface area contributed by atoms with Gasteiger partial charge in [0.2, 0.25) is 11.0 Å². The number of alkyl halides is 2. The van der Waals surface area contributed by atoms with Gasteiger partial charge in [0.05, 0.1) is 6.04 Å². The molecule has 0 spiro atoms. The van der Waals surface area contributed by atoms with Crippen molar-refractivity contribution in [2.45, 2.75) is 18.9 Å². The van der Waals surface area contributed by atoms with E-state index in [4.69, 9.17) is 0 Å². The van der Waals surface area contributed by atoms with Gasteiger partial charge in [-0.1, -0.05) is 11.3 Å². The Morgan fingerprint density at radius 1 is 1.60 bits per heavy atom. The number of aromatic nitrogens is 2. The van der Waals surface area contributed by atoms with Crippen LogP contribution in [0.3, 0.4) is 0 Å². The zero-order valence-corrected chi connectivity index (χ0v) is 8.35. The molecule has 2 rings (SSSR count). The lowest BCUT2D eigenvalue weighted by Gasteiger charge is -2.25. The Labute approximate surface area is 87.9 Å². The van der Waals surface area contributed by atoms with Crippen LogP contribution in [0.2, 0.25) is 0 Å². The van der Waals surface area contributed by atoms with E-state index in [-0.39, 0.29) is 22.1 Å². The molecule has 1 aromatic rings. The van der Waals surface area contributed by atoms with Gasteiger partial charge in [-0.3, -0.25) is 10.1 Å². The number of nitrogens with one attached hydrogen (secondary N) is 2. The van der Waals surface area contributed by atoms with E-state index in [1.807, 2.05) is 0 Å². The van der Waals surface area contributed by atoms with Crippen molar-refractivity contribution in [3.63, 3.8) is 0 Å². The monoisotopic (exact) mass is 234 g/mol. The molecule has 0 saturated carbocycles. The molecule has 0 radical (unpaired) electrons. The third-order valence-corrected chi connectivity index (χ3v) is 2.84. The van der Waals surface area contributed by atoms with Gasteiger partial charge in [-0.2, -0.15) is 0 Å². The highest BCUT2D eigenvalue weighted by Gasteiger charge is 2.25. The molecule has 2 heterocycles. The molecule has 0 aromatic carbocycles. The third kappa shape index (κ3) is 2.26. The average molecular weight is 234 g/mol. The molecule has 1 aliphatic rings. The Bertz CT molecular complexity index is 366. The lowest BCUT2D eigenvalue weighted by molar-refractivity contribution is -0.119. The van der Waals surface area contributed by atoms with Crippen molar-refractivity contribution in [2.75, 3.05) is 11.9 Å². The molecule has 2 N–H and O–H groups in total. The van der Waals surface area contributed by atoms with Crippen LogP contribution >= 0.6 is 11.3 Å². The van der Waals surface area contributed by atoms with Gasteiger partial charge in [0.25, 0.3) is 6.43 Å². The van der Waals surface area contributed by atoms with Crippen molar-refractivity contribution in [2.24, 2.45) is 0 Å². The predicted octanol–water partition coefficient (Wildman–Crippen LogP) is 0.776. The number of nitrogens with zero attached hydrogens (tertiary/aromatic N) is 2. The summed E-state index contributed by atoms with van der Waals surface area (Å²) < 4.78 is 24.3. The highest BCUT2D eigenvalue weighted by Crippen LogP contribution is 2.25. The van der Waals surface area contributed by atoms with Gasteiger partial charge in [-0.25, -0.2) is 8.78 Å². The summed E-state index contributed by atoms with van der Waals surface area (Å²) in [4.78, 5) is 11.4. The van der Waals surface area contributed by atoms with E-state index >= 15 is 0 Å². The SMILES string of the molecule is O=C(Nc1nnc(C(F)F)s1)[C@H]1CCN1. The van der Waals surface area contributed by atoms with Crippen LogP contribution in [0.4, 0.5) is 13.9 Å². The Hall–Kier alpha value is -1.15. The number of hydrogen-bond acceptors (Lipinski definition) is 5. The fourth-order valence-electron chi connectivity index (χ4n) is 1.08. The maximum absolute atomic E-state index is 12.1. The Morgan fingerprint density at radius 3 is 2.80 bits per heavy atom. The van der Waals surface area contributed by atoms with Gasteiger partial charge in [0.15, 0.2) is 5.01 Å². The minimum absolute atomic E-state index is 0.115. The molecule has 1 aliphatic heterocycles. The summed E-state index contributed by atoms with van der Waals surface area (Å²) in [5.74, 6) is -0.252. The molecule has 1 aromatic heterocycles. The van der Waals surface area contributed by atoms with Crippen LogP contribution in [0.25, 0.3) is 0 Å². The molecule has 1 amide bonds. The van der Waals surface area contributed by atoms with Crippen LogP contribution in [0.1, 0.15) is 17.9 Å². The van der Waals surface area contributed by atoms with Crippen LogP contribution in [-0.4, -0.2) is 28.7 Å². The number of carbonyl (C=O) groups is 1. The van der Waals surface area contributed by atoms with Crippen molar-refractivity contribution in [3.05, 3.63) is 5.01 Å². The first-order valence-corrected chi connectivity index (χ1v) is 5.14. The first kappa shape index (κ1) is 10.4. The van der Waals surface area contributed by atoms with Gasteiger partial charge in [0.1, 0.15) is 0 Å². The summed E-state index contributed by atoms with van der Waals surface area (Å²) in [5, 5.41) is 11.8. The summed E-state index contributed by atoms with van der Waals surface area (Å²) in [6, 6.07) is -0.233. The number of carbonyl (C=O) groups excluding carboxylic acids is 1. The standard InChI is InChI=1S/C7H8F2N4OS/c8-4(9)6-12-13-7(15-6)11-5(14)3-1-2-10-3/h3-4,10H,1-2H2,(H,11,13,14)/t3-/m1/s1. The van der Waals surface area contributed by atoms with Crippen molar-refractivity contribution >= 4 is 22.4 Å². The molecule has 1 atom stereocenters. The zero-order valence-electron chi connectivity index (χ0n) is 7.54. The number of rotatable bonds is 3. The lowest BCUT2D eigenvalue weighted by Crippen LogP contribution is -2.50. The molecule has 1 saturated heterocycles.